The Hall–Kier alpha value is -1.98. The summed E-state index contributed by atoms with van der Waals surface area (Å²) in [4.78, 5) is 0. The fourth-order valence-electron chi connectivity index (χ4n) is 2.92. The minimum atomic E-state index is -4.01. The van der Waals surface area contributed by atoms with Gasteiger partial charge in [-0.05, 0) is 43.0 Å². The van der Waals surface area contributed by atoms with Crippen LogP contribution in [0.3, 0.4) is 0 Å². The predicted molar refractivity (Wildman–Crippen MR) is 94.7 cm³/mol. The second kappa shape index (κ2) is 9.49. The number of anilines is 1. The third kappa shape index (κ3) is 7.20. The Kier molecular flexibility index (Phi) is 7.34. The topological polar surface area (TPSA) is 43.8 Å². The number of unbranched alkanes of at least 4 members (excludes halogenated alkanes) is 6. The molecule has 2 N–H and O–H groups in total. The molecule has 6 heteroatoms. The van der Waals surface area contributed by atoms with Crippen LogP contribution < -0.4 is 5.73 Å². The molecule has 2 aromatic rings. The minimum Gasteiger partial charge on any atom is -0.397 e. The second-order valence-electron chi connectivity index (χ2n) is 6.43. The molecule has 0 saturated heterocycles. The first kappa shape index (κ1) is 19.3. The molecule has 0 spiro atoms. The van der Waals surface area contributed by atoms with Crippen molar-refractivity contribution in [2.75, 3.05) is 5.73 Å². The molecule has 0 fully saturated rings. The van der Waals surface area contributed by atoms with Crippen LogP contribution in [0.2, 0.25) is 0 Å². The van der Waals surface area contributed by atoms with E-state index in [1.54, 1.807) is 10.9 Å². The molecule has 1 heterocycles. The predicted octanol–water partition coefficient (Wildman–Crippen LogP) is 5.68. The third-order valence-electron chi connectivity index (χ3n) is 4.27. The summed E-state index contributed by atoms with van der Waals surface area (Å²) in [6.07, 6.45) is 5.97. The summed E-state index contributed by atoms with van der Waals surface area (Å²) < 4.78 is 37.8. The number of hydrogen-bond donors (Lipinski definition) is 1. The zero-order chi connectivity index (χ0) is 18.1. The lowest BCUT2D eigenvalue weighted by atomic mass is 10.0. The summed E-state index contributed by atoms with van der Waals surface area (Å²) >= 11 is 0. The van der Waals surface area contributed by atoms with Crippen LogP contribution in [0.15, 0.2) is 36.7 Å². The smallest absolute Gasteiger partial charge is 0.389 e. The number of rotatable bonds is 10. The third-order valence-corrected chi connectivity index (χ3v) is 4.27. The molecule has 2 rings (SSSR count). The standard InChI is InChI=1S/C19H26F3N3/c20-19(21,22)12-7-5-3-1-2-4-6-9-16-10-11-18(17(23)15-16)25-14-8-13-24-25/h8,10-11,13-15H,1-7,9,12,23H2. The molecule has 0 aliphatic rings. The SMILES string of the molecule is Nc1cc(CCCCCCCCCC(F)(F)F)ccc1-n1cccn1. The summed E-state index contributed by atoms with van der Waals surface area (Å²) in [5.41, 5.74) is 8.90. The van der Waals surface area contributed by atoms with Gasteiger partial charge in [-0.2, -0.15) is 18.3 Å². The Morgan fingerprint density at radius 1 is 0.960 bits per heavy atom. The molecule has 0 aliphatic heterocycles. The Morgan fingerprint density at radius 3 is 2.24 bits per heavy atom. The number of nitrogens with zero attached hydrogens (tertiary/aromatic N) is 2. The highest BCUT2D eigenvalue weighted by atomic mass is 19.4. The Morgan fingerprint density at radius 2 is 1.64 bits per heavy atom. The maximum atomic E-state index is 12.0. The van der Waals surface area contributed by atoms with Gasteiger partial charge in [0, 0.05) is 18.8 Å². The first-order chi connectivity index (χ1) is 12.0. The van der Waals surface area contributed by atoms with Crippen molar-refractivity contribution in [2.45, 2.75) is 64.0 Å². The molecule has 0 amide bonds. The molecule has 0 unspecified atom stereocenters. The molecule has 0 bridgehead atoms. The van der Waals surface area contributed by atoms with Gasteiger partial charge >= 0.3 is 6.18 Å². The van der Waals surface area contributed by atoms with E-state index in [-0.39, 0.29) is 6.42 Å². The number of nitrogens with two attached hydrogens (primary N) is 1. The van der Waals surface area contributed by atoms with E-state index in [0.717, 1.165) is 44.2 Å². The van der Waals surface area contributed by atoms with E-state index in [0.29, 0.717) is 12.1 Å². The first-order valence-electron chi connectivity index (χ1n) is 8.91. The molecule has 0 atom stereocenters. The lowest BCUT2D eigenvalue weighted by Gasteiger charge is -2.09. The highest BCUT2D eigenvalue weighted by molar-refractivity contribution is 5.58. The van der Waals surface area contributed by atoms with Crippen LogP contribution in [0.1, 0.15) is 56.9 Å². The van der Waals surface area contributed by atoms with Gasteiger partial charge in [0.2, 0.25) is 0 Å². The van der Waals surface area contributed by atoms with Crippen molar-refractivity contribution < 1.29 is 13.2 Å². The molecule has 0 radical (unpaired) electrons. The van der Waals surface area contributed by atoms with Crippen LogP contribution in [-0.4, -0.2) is 16.0 Å². The average molecular weight is 353 g/mol. The molecule has 1 aromatic carbocycles. The number of halogens is 3. The molecule has 3 nitrogen and oxygen atoms in total. The second-order valence-corrected chi connectivity index (χ2v) is 6.43. The molecule has 138 valence electrons. The number of hydrogen-bond acceptors (Lipinski definition) is 2. The van der Waals surface area contributed by atoms with Gasteiger partial charge in [-0.15, -0.1) is 0 Å². The van der Waals surface area contributed by atoms with Gasteiger partial charge in [0.15, 0.2) is 0 Å². The zero-order valence-electron chi connectivity index (χ0n) is 14.4. The minimum absolute atomic E-state index is 0.255. The van der Waals surface area contributed by atoms with Gasteiger partial charge in [-0.25, -0.2) is 4.68 Å². The van der Waals surface area contributed by atoms with Crippen molar-refractivity contribution in [2.24, 2.45) is 0 Å². The average Bonchev–Trinajstić information content (AvgIpc) is 3.06. The van der Waals surface area contributed by atoms with Gasteiger partial charge in [0.05, 0.1) is 11.4 Å². The summed E-state index contributed by atoms with van der Waals surface area (Å²) in [6, 6.07) is 7.91. The van der Waals surface area contributed by atoms with E-state index >= 15 is 0 Å². The zero-order valence-corrected chi connectivity index (χ0v) is 14.4. The van der Waals surface area contributed by atoms with Crippen LogP contribution in [0.25, 0.3) is 5.69 Å². The van der Waals surface area contributed by atoms with Gasteiger partial charge < -0.3 is 5.73 Å². The lowest BCUT2D eigenvalue weighted by Crippen LogP contribution is -2.06. The van der Waals surface area contributed by atoms with Crippen molar-refractivity contribution in [1.29, 1.82) is 0 Å². The number of benzene rings is 1. The Bertz CT molecular complexity index is 621. The Balaban J connectivity index is 1.59. The van der Waals surface area contributed by atoms with Gasteiger partial charge in [0.25, 0.3) is 0 Å². The highest BCUT2D eigenvalue weighted by Gasteiger charge is 2.25. The fourth-order valence-corrected chi connectivity index (χ4v) is 2.92. The van der Waals surface area contributed by atoms with E-state index in [1.807, 2.05) is 24.4 Å². The lowest BCUT2D eigenvalue weighted by molar-refractivity contribution is -0.135. The fraction of sp³-hybridized carbons (Fsp3) is 0.526. The van der Waals surface area contributed by atoms with E-state index in [2.05, 4.69) is 11.2 Å². The number of alkyl halides is 3. The summed E-state index contributed by atoms with van der Waals surface area (Å²) in [5.74, 6) is 0. The molecule has 0 saturated carbocycles. The van der Waals surface area contributed by atoms with E-state index in [9.17, 15) is 13.2 Å². The molecular formula is C19H26F3N3. The Labute approximate surface area is 147 Å². The maximum absolute atomic E-state index is 12.0. The maximum Gasteiger partial charge on any atom is 0.389 e. The van der Waals surface area contributed by atoms with Crippen molar-refractivity contribution in [3.63, 3.8) is 0 Å². The molecular weight excluding hydrogens is 327 g/mol. The van der Waals surface area contributed by atoms with Gasteiger partial charge in [-0.1, -0.05) is 38.2 Å². The normalized spacial score (nSPS) is 11.8. The number of aromatic nitrogens is 2. The van der Waals surface area contributed by atoms with E-state index in [4.69, 9.17) is 5.73 Å². The van der Waals surface area contributed by atoms with Crippen LogP contribution >= 0.6 is 0 Å². The quantitative estimate of drug-likeness (QED) is 0.441. The molecule has 1 aromatic heterocycles. The highest BCUT2D eigenvalue weighted by Crippen LogP contribution is 2.23. The molecule has 0 aliphatic carbocycles. The largest absolute Gasteiger partial charge is 0.397 e. The summed E-state index contributed by atoms with van der Waals surface area (Å²) in [5, 5.41) is 4.18. The number of nitrogen functional groups attached to an aromatic ring is 1. The summed E-state index contributed by atoms with van der Waals surface area (Å²) in [7, 11) is 0. The van der Waals surface area contributed by atoms with Crippen LogP contribution in [-0.2, 0) is 6.42 Å². The van der Waals surface area contributed by atoms with Gasteiger partial charge in [-0.3, -0.25) is 0 Å². The van der Waals surface area contributed by atoms with Crippen LogP contribution in [0.5, 0.6) is 0 Å². The van der Waals surface area contributed by atoms with Crippen LogP contribution in [0.4, 0.5) is 18.9 Å². The van der Waals surface area contributed by atoms with Gasteiger partial charge in [0.1, 0.15) is 0 Å². The number of aryl methyl sites for hydroxylation is 1. The summed E-state index contributed by atoms with van der Waals surface area (Å²) in [6.45, 7) is 0. The van der Waals surface area contributed by atoms with Crippen molar-refractivity contribution in [3.8, 4) is 5.69 Å². The van der Waals surface area contributed by atoms with Crippen molar-refractivity contribution in [3.05, 3.63) is 42.2 Å². The van der Waals surface area contributed by atoms with Crippen molar-refractivity contribution >= 4 is 5.69 Å². The first-order valence-corrected chi connectivity index (χ1v) is 8.91. The molecule has 25 heavy (non-hydrogen) atoms. The monoisotopic (exact) mass is 353 g/mol. The van der Waals surface area contributed by atoms with E-state index in [1.165, 1.54) is 5.56 Å². The van der Waals surface area contributed by atoms with Crippen molar-refractivity contribution in [1.82, 2.24) is 9.78 Å². The van der Waals surface area contributed by atoms with E-state index < -0.39 is 12.6 Å². The van der Waals surface area contributed by atoms with Crippen LogP contribution in [0, 0.1) is 0 Å².